The Morgan fingerprint density at radius 1 is 0.958 bits per heavy atom. The second kappa shape index (κ2) is 5.43. The molecule has 1 amide bonds. The van der Waals surface area contributed by atoms with Gasteiger partial charge in [-0.05, 0) is 56.3 Å². The summed E-state index contributed by atoms with van der Waals surface area (Å²) in [5.41, 5.74) is 0.00344. The average molecular weight is 326 g/mol. The zero-order chi connectivity index (χ0) is 16.1. The van der Waals surface area contributed by atoms with E-state index in [0.29, 0.717) is 5.91 Å². The molecule has 5 nitrogen and oxygen atoms in total. The van der Waals surface area contributed by atoms with Crippen LogP contribution in [-0.2, 0) is 4.79 Å². The summed E-state index contributed by atoms with van der Waals surface area (Å²) in [6.45, 7) is 3.40. The van der Waals surface area contributed by atoms with E-state index in [-0.39, 0.29) is 5.41 Å². The van der Waals surface area contributed by atoms with Gasteiger partial charge in [0.2, 0.25) is 5.91 Å². The van der Waals surface area contributed by atoms with E-state index in [4.69, 9.17) is 0 Å². The minimum absolute atomic E-state index is 0.00344. The molecule has 5 aliphatic rings. The lowest BCUT2D eigenvalue weighted by molar-refractivity contribution is -0.158. The molecule has 1 aromatic rings. The molecule has 0 radical (unpaired) electrons. The van der Waals surface area contributed by atoms with Crippen LogP contribution in [0.5, 0.6) is 0 Å². The highest BCUT2D eigenvalue weighted by molar-refractivity contribution is 5.83. The predicted molar refractivity (Wildman–Crippen MR) is 91.4 cm³/mol. The zero-order valence-corrected chi connectivity index (χ0v) is 14.2. The Morgan fingerprint density at radius 2 is 1.58 bits per heavy atom. The lowest BCUT2D eigenvalue weighted by Crippen LogP contribution is -2.58. The number of amides is 1. The number of rotatable bonds is 2. The first-order chi connectivity index (χ1) is 11.7. The Hall–Kier alpha value is -1.65. The van der Waals surface area contributed by atoms with Crippen molar-refractivity contribution >= 4 is 11.7 Å². The zero-order valence-electron chi connectivity index (χ0n) is 14.2. The van der Waals surface area contributed by atoms with Gasteiger partial charge in [-0.2, -0.15) is 0 Å². The molecule has 6 rings (SSSR count). The smallest absolute Gasteiger partial charge is 0.228 e. The van der Waals surface area contributed by atoms with E-state index in [0.717, 1.165) is 49.8 Å². The number of piperazine rings is 1. The van der Waals surface area contributed by atoms with Crippen LogP contribution < -0.4 is 4.90 Å². The molecule has 0 unspecified atom stereocenters. The van der Waals surface area contributed by atoms with Crippen LogP contribution in [0.3, 0.4) is 0 Å². The van der Waals surface area contributed by atoms with Gasteiger partial charge in [-0.1, -0.05) is 0 Å². The summed E-state index contributed by atoms with van der Waals surface area (Å²) < 4.78 is 0. The number of hydrogen-bond donors (Lipinski definition) is 0. The third-order valence-electron chi connectivity index (χ3n) is 6.93. The maximum Gasteiger partial charge on any atom is 0.228 e. The molecular formula is C19H26N4O. The fraction of sp³-hybridized carbons (Fsp3) is 0.737. The third-order valence-corrected chi connectivity index (χ3v) is 6.93. The summed E-state index contributed by atoms with van der Waals surface area (Å²) in [4.78, 5) is 26.3. The molecule has 4 bridgehead atoms. The summed E-state index contributed by atoms with van der Waals surface area (Å²) >= 11 is 0. The van der Waals surface area contributed by atoms with Crippen LogP contribution in [0.15, 0.2) is 18.6 Å². The van der Waals surface area contributed by atoms with Crippen molar-refractivity contribution in [3.63, 3.8) is 0 Å². The first-order valence-electron chi connectivity index (χ1n) is 9.52. The van der Waals surface area contributed by atoms with Crippen molar-refractivity contribution in [2.75, 3.05) is 31.1 Å². The van der Waals surface area contributed by atoms with Crippen LogP contribution in [0.25, 0.3) is 0 Å². The van der Waals surface area contributed by atoms with Crippen molar-refractivity contribution in [1.82, 2.24) is 14.9 Å². The van der Waals surface area contributed by atoms with Crippen LogP contribution in [-0.4, -0.2) is 47.0 Å². The van der Waals surface area contributed by atoms with Crippen molar-refractivity contribution in [2.45, 2.75) is 38.5 Å². The summed E-state index contributed by atoms with van der Waals surface area (Å²) in [6.07, 6.45) is 13.0. The third kappa shape index (κ3) is 2.32. The number of hydrogen-bond acceptors (Lipinski definition) is 4. The number of carbonyl (C=O) groups is 1. The van der Waals surface area contributed by atoms with Crippen molar-refractivity contribution in [1.29, 1.82) is 0 Å². The first kappa shape index (κ1) is 14.7. The van der Waals surface area contributed by atoms with E-state index in [1.54, 1.807) is 12.4 Å². The monoisotopic (exact) mass is 326 g/mol. The summed E-state index contributed by atoms with van der Waals surface area (Å²) in [5, 5.41) is 0. The fourth-order valence-corrected chi connectivity index (χ4v) is 6.30. The number of aromatic nitrogens is 2. The quantitative estimate of drug-likeness (QED) is 0.837. The van der Waals surface area contributed by atoms with Gasteiger partial charge in [0.1, 0.15) is 5.82 Å². The number of nitrogens with zero attached hydrogens (tertiary/aromatic N) is 4. The van der Waals surface area contributed by atoms with Crippen LogP contribution >= 0.6 is 0 Å². The fourth-order valence-electron chi connectivity index (χ4n) is 6.30. The van der Waals surface area contributed by atoms with Gasteiger partial charge in [0.05, 0.1) is 11.6 Å². The van der Waals surface area contributed by atoms with E-state index in [1.165, 1.54) is 38.5 Å². The van der Waals surface area contributed by atoms with Gasteiger partial charge in [0.15, 0.2) is 0 Å². The van der Waals surface area contributed by atoms with E-state index in [1.807, 2.05) is 6.20 Å². The molecule has 5 fully saturated rings. The average Bonchev–Trinajstić information content (AvgIpc) is 2.61. The highest BCUT2D eigenvalue weighted by Crippen LogP contribution is 2.60. The minimum Gasteiger partial charge on any atom is -0.352 e. The SMILES string of the molecule is O=C(N1CCN(c2cnccn2)CC1)C12CC3CC(CC(C3)C1)C2. The molecule has 1 saturated heterocycles. The second-order valence-electron chi connectivity index (χ2n) is 8.54. The van der Waals surface area contributed by atoms with E-state index >= 15 is 0 Å². The van der Waals surface area contributed by atoms with Crippen molar-refractivity contribution < 1.29 is 4.79 Å². The standard InChI is InChI=1S/C19H26N4O/c24-18(19-10-14-7-15(11-19)9-16(8-14)12-19)23-5-3-22(4-6-23)17-13-20-1-2-21-17/h1-2,13-16H,3-12H2. The Morgan fingerprint density at radius 3 is 2.12 bits per heavy atom. The predicted octanol–water partition coefficient (Wildman–Crippen LogP) is 2.34. The normalized spacial score (nSPS) is 37.8. The van der Waals surface area contributed by atoms with Gasteiger partial charge in [-0.3, -0.25) is 9.78 Å². The van der Waals surface area contributed by atoms with Crippen LogP contribution in [0, 0.1) is 23.2 Å². The van der Waals surface area contributed by atoms with Crippen molar-refractivity contribution in [3.8, 4) is 0 Å². The highest BCUT2D eigenvalue weighted by atomic mass is 16.2. The maximum absolute atomic E-state index is 13.4. The van der Waals surface area contributed by atoms with E-state index in [2.05, 4.69) is 19.8 Å². The molecule has 2 heterocycles. The van der Waals surface area contributed by atoms with E-state index < -0.39 is 0 Å². The Balaban J connectivity index is 1.28. The van der Waals surface area contributed by atoms with Crippen LogP contribution in [0.1, 0.15) is 38.5 Å². The Kier molecular flexibility index (Phi) is 3.32. The van der Waals surface area contributed by atoms with Gasteiger partial charge in [0, 0.05) is 38.6 Å². The molecule has 0 N–H and O–H groups in total. The molecule has 1 aliphatic heterocycles. The minimum atomic E-state index is 0.00344. The van der Waals surface area contributed by atoms with Gasteiger partial charge >= 0.3 is 0 Å². The van der Waals surface area contributed by atoms with Gasteiger partial charge in [-0.15, -0.1) is 0 Å². The molecule has 5 heteroatoms. The van der Waals surface area contributed by atoms with E-state index in [9.17, 15) is 4.79 Å². The molecule has 128 valence electrons. The van der Waals surface area contributed by atoms with Crippen LogP contribution in [0.4, 0.5) is 5.82 Å². The van der Waals surface area contributed by atoms with Crippen molar-refractivity contribution in [2.24, 2.45) is 23.2 Å². The number of carbonyl (C=O) groups excluding carboxylic acids is 1. The lowest BCUT2D eigenvalue weighted by Gasteiger charge is -2.57. The molecule has 4 saturated carbocycles. The molecule has 1 aromatic heterocycles. The molecular weight excluding hydrogens is 300 g/mol. The lowest BCUT2D eigenvalue weighted by atomic mass is 9.49. The van der Waals surface area contributed by atoms with Gasteiger partial charge in [-0.25, -0.2) is 4.98 Å². The number of anilines is 1. The Labute approximate surface area is 143 Å². The summed E-state index contributed by atoms with van der Waals surface area (Å²) in [6, 6.07) is 0. The van der Waals surface area contributed by atoms with Gasteiger partial charge < -0.3 is 9.80 Å². The first-order valence-corrected chi connectivity index (χ1v) is 9.52. The van der Waals surface area contributed by atoms with Gasteiger partial charge in [0.25, 0.3) is 0 Å². The van der Waals surface area contributed by atoms with Crippen LogP contribution in [0.2, 0.25) is 0 Å². The highest BCUT2D eigenvalue weighted by Gasteiger charge is 2.55. The van der Waals surface area contributed by atoms with Crippen molar-refractivity contribution in [3.05, 3.63) is 18.6 Å². The maximum atomic E-state index is 13.4. The Bertz CT molecular complexity index is 588. The molecule has 0 aromatic carbocycles. The molecule has 24 heavy (non-hydrogen) atoms. The topological polar surface area (TPSA) is 49.3 Å². The molecule has 0 atom stereocenters. The molecule has 0 spiro atoms. The summed E-state index contributed by atoms with van der Waals surface area (Å²) in [5.74, 6) is 3.91. The molecule has 4 aliphatic carbocycles. The second-order valence-corrected chi connectivity index (χ2v) is 8.54. The largest absolute Gasteiger partial charge is 0.352 e. The summed E-state index contributed by atoms with van der Waals surface area (Å²) in [7, 11) is 0.